The molecule has 3 nitrogen and oxygen atoms in total. The first-order valence-electron chi connectivity index (χ1n) is 3.98. The molecule has 1 N–H and O–H groups in total. The Morgan fingerprint density at radius 3 is 2.80 bits per heavy atom. The minimum absolute atomic E-state index is 0.507. The molecule has 0 aliphatic carbocycles. The van der Waals surface area contributed by atoms with Crippen molar-refractivity contribution in [2.75, 3.05) is 7.11 Å². The normalized spacial score (nSPS) is 10.6. The van der Waals surface area contributed by atoms with E-state index < -0.39 is 5.97 Å². The summed E-state index contributed by atoms with van der Waals surface area (Å²) in [4.78, 5) is 10.4. The number of carboxylic acid groups (broad SMARTS) is 1. The Morgan fingerprint density at radius 2 is 2.27 bits per heavy atom. The van der Waals surface area contributed by atoms with Gasteiger partial charge in [0.2, 0.25) is 0 Å². The molecule has 80 valence electrons. The Bertz CT molecular complexity index is 415. The fourth-order valence-electron chi connectivity index (χ4n) is 1.08. The molecule has 0 bridgehead atoms. The maximum absolute atomic E-state index is 10.4. The molecule has 0 aromatic heterocycles. The van der Waals surface area contributed by atoms with Gasteiger partial charge in [-0.05, 0) is 34.1 Å². The quantitative estimate of drug-likeness (QED) is 0.870. The monoisotopic (exact) mass is 290 g/mol. The van der Waals surface area contributed by atoms with Gasteiger partial charge in [0.25, 0.3) is 0 Å². The van der Waals surface area contributed by atoms with Crippen LogP contribution in [0.3, 0.4) is 0 Å². The number of carboxylic acids is 1. The molecule has 15 heavy (non-hydrogen) atoms. The first-order valence-corrected chi connectivity index (χ1v) is 5.15. The van der Waals surface area contributed by atoms with E-state index in [4.69, 9.17) is 21.4 Å². The van der Waals surface area contributed by atoms with E-state index in [-0.39, 0.29) is 0 Å². The molecule has 0 atom stereocenters. The Kier molecular flexibility index (Phi) is 4.17. The molecule has 0 spiro atoms. The molecule has 1 aromatic carbocycles. The average molecular weight is 292 g/mol. The van der Waals surface area contributed by atoms with Crippen LogP contribution in [0, 0.1) is 0 Å². The number of rotatable bonds is 3. The van der Waals surface area contributed by atoms with Crippen LogP contribution < -0.4 is 4.74 Å². The second kappa shape index (κ2) is 5.19. The maximum atomic E-state index is 10.4. The van der Waals surface area contributed by atoms with Gasteiger partial charge in [-0.1, -0.05) is 11.6 Å². The van der Waals surface area contributed by atoms with Crippen molar-refractivity contribution in [3.63, 3.8) is 0 Å². The van der Waals surface area contributed by atoms with Crippen LogP contribution in [0.1, 0.15) is 5.56 Å². The summed E-state index contributed by atoms with van der Waals surface area (Å²) in [5, 5.41) is 9.01. The largest absolute Gasteiger partial charge is 0.495 e. The van der Waals surface area contributed by atoms with E-state index in [0.29, 0.717) is 20.8 Å². The van der Waals surface area contributed by atoms with Crippen LogP contribution in [0.4, 0.5) is 0 Å². The van der Waals surface area contributed by atoms with Gasteiger partial charge < -0.3 is 9.84 Å². The van der Waals surface area contributed by atoms with Gasteiger partial charge >= 0.3 is 5.97 Å². The lowest BCUT2D eigenvalue weighted by atomic mass is 10.2. The molecule has 1 aromatic rings. The molecule has 0 amide bonds. The summed E-state index contributed by atoms with van der Waals surface area (Å²) in [6, 6.07) is 3.31. The molecule has 5 heteroatoms. The van der Waals surface area contributed by atoms with Gasteiger partial charge in [0.15, 0.2) is 0 Å². The minimum atomic E-state index is -1.02. The molecule has 0 fully saturated rings. The summed E-state index contributed by atoms with van der Waals surface area (Å²) in [6.45, 7) is 0. The zero-order valence-electron chi connectivity index (χ0n) is 7.83. The van der Waals surface area contributed by atoms with Crippen molar-refractivity contribution in [1.29, 1.82) is 0 Å². The molecule has 0 unspecified atom stereocenters. The topological polar surface area (TPSA) is 46.5 Å². The highest BCUT2D eigenvalue weighted by Crippen LogP contribution is 2.33. The first-order chi connectivity index (χ1) is 7.04. The van der Waals surface area contributed by atoms with Crippen molar-refractivity contribution < 1.29 is 14.6 Å². The molecule has 0 saturated heterocycles. The van der Waals surface area contributed by atoms with Gasteiger partial charge in [-0.3, -0.25) is 0 Å². The fourth-order valence-corrected chi connectivity index (χ4v) is 2.08. The summed E-state index contributed by atoms with van der Waals surface area (Å²) in [6.07, 6.45) is 2.46. The van der Waals surface area contributed by atoms with Crippen LogP contribution in [0.15, 0.2) is 22.7 Å². The summed E-state index contributed by atoms with van der Waals surface area (Å²) in [5.74, 6) is -0.468. The maximum Gasteiger partial charge on any atom is 0.328 e. The zero-order valence-corrected chi connectivity index (χ0v) is 10.2. The predicted molar refractivity (Wildman–Crippen MR) is 62.4 cm³/mol. The standard InChI is InChI=1S/C10H8BrClO3/c1-15-10-6(2-3-9(13)14)4-7(12)5-8(10)11/h2-5H,1H3,(H,13,14). The predicted octanol–water partition coefficient (Wildman–Crippen LogP) is 3.21. The van der Waals surface area contributed by atoms with E-state index in [2.05, 4.69) is 15.9 Å². The molecule has 0 aliphatic heterocycles. The molecule has 0 aliphatic rings. The second-order valence-corrected chi connectivity index (χ2v) is 3.97. The molecule has 0 saturated carbocycles. The van der Waals surface area contributed by atoms with Crippen LogP contribution in [0.2, 0.25) is 5.02 Å². The van der Waals surface area contributed by atoms with Gasteiger partial charge in [-0.2, -0.15) is 0 Å². The molecular weight excluding hydrogens is 283 g/mol. The number of aliphatic carboxylic acids is 1. The van der Waals surface area contributed by atoms with Crippen LogP contribution in [-0.2, 0) is 4.79 Å². The smallest absolute Gasteiger partial charge is 0.328 e. The summed E-state index contributed by atoms with van der Waals surface area (Å²) in [5.41, 5.74) is 0.610. The van der Waals surface area contributed by atoms with Crippen molar-refractivity contribution in [2.45, 2.75) is 0 Å². The Hall–Kier alpha value is -1.00. The Morgan fingerprint density at radius 1 is 1.60 bits per heavy atom. The molecule has 0 radical (unpaired) electrons. The van der Waals surface area contributed by atoms with Crippen LogP contribution in [0.5, 0.6) is 5.75 Å². The lowest BCUT2D eigenvalue weighted by molar-refractivity contribution is -0.131. The van der Waals surface area contributed by atoms with Gasteiger partial charge in [-0.15, -0.1) is 0 Å². The third-order valence-corrected chi connectivity index (χ3v) is 2.45. The van der Waals surface area contributed by atoms with Crippen molar-refractivity contribution in [3.8, 4) is 5.75 Å². The number of benzene rings is 1. The second-order valence-electron chi connectivity index (χ2n) is 2.68. The lowest BCUT2D eigenvalue weighted by Crippen LogP contribution is -1.90. The van der Waals surface area contributed by atoms with Gasteiger partial charge in [0.1, 0.15) is 5.75 Å². The Balaban J connectivity index is 3.20. The number of halogens is 2. The van der Waals surface area contributed by atoms with Crippen molar-refractivity contribution in [3.05, 3.63) is 33.3 Å². The van der Waals surface area contributed by atoms with Crippen molar-refractivity contribution >= 4 is 39.6 Å². The summed E-state index contributed by atoms with van der Waals surface area (Å²) < 4.78 is 5.80. The lowest BCUT2D eigenvalue weighted by Gasteiger charge is -2.07. The van der Waals surface area contributed by atoms with E-state index in [9.17, 15) is 4.79 Å². The minimum Gasteiger partial charge on any atom is -0.495 e. The van der Waals surface area contributed by atoms with E-state index in [1.807, 2.05) is 0 Å². The van der Waals surface area contributed by atoms with Crippen LogP contribution in [0.25, 0.3) is 6.08 Å². The highest BCUT2D eigenvalue weighted by atomic mass is 79.9. The van der Waals surface area contributed by atoms with Crippen molar-refractivity contribution in [2.24, 2.45) is 0 Å². The zero-order chi connectivity index (χ0) is 11.4. The third-order valence-electron chi connectivity index (χ3n) is 1.65. The number of carbonyl (C=O) groups is 1. The van der Waals surface area contributed by atoms with Gasteiger partial charge in [-0.25, -0.2) is 4.79 Å². The first kappa shape index (κ1) is 12.1. The molecule has 1 rings (SSSR count). The van der Waals surface area contributed by atoms with Gasteiger partial charge in [0, 0.05) is 16.7 Å². The summed E-state index contributed by atoms with van der Waals surface area (Å²) >= 11 is 9.10. The molecule has 0 heterocycles. The highest BCUT2D eigenvalue weighted by Gasteiger charge is 2.07. The Labute approximate surface area is 100 Å². The van der Waals surface area contributed by atoms with E-state index in [0.717, 1.165) is 6.08 Å². The van der Waals surface area contributed by atoms with E-state index in [1.165, 1.54) is 13.2 Å². The fraction of sp³-hybridized carbons (Fsp3) is 0.100. The van der Waals surface area contributed by atoms with Crippen molar-refractivity contribution in [1.82, 2.24) is 0 Å². The highest BCUT2D eigenvalue weighted by molar-refractivity contribution is 9.10. The van der Waals surface area contributed by atoms with Crippen LogP contribution in [-0.4, -0.2) is 18.2 Å². The van der Waals surface area contributed by atoms with Gasteiger partial charge in [0.05, 0.1) is 11.6 Å². The number of methoxy groups -OCH3 is 1. The third kappa shape index (κ3) is 3.25. The van der Waals surface area contributed by atoms with Crippen LogP contribution >= 0.6 is 27.5 Å². The van der Waals surface area contributed by atoms with E-state index in [1.54, 1.807) is 12.1 Å². The number of hydrogen-bond donors (Lipinski definition) is 1. The molecular formula is C10H8BrClO3. The summed E-state index contributed by atoms with van der Waals surface area (Å²) in [7, 11) is 1.51. The van der Waals surface area contributed by atoms with E-state index >= 15 is 0 Å². The average Bonchev–Trinajstić information content (AvgIpc) is 2.13. The number of ether oxygens (including phenoxy) is 1. The number of hydrogen-bond acceptors (Lipinski definition) is 2. The SMILES string of the molecule is COc1c(Br)cc(Cl)cc1C=CC(=O)O.